The van der Waals surface area contributed by atoms with Crippen molar-refractivity contribution in [1.29, 1.82) is 0 Å². The summed E-state index contributed by atoms with van der Waals surface area (Å²) in [6.45, 7) is 13.0. The molecule has 1 saturated heterocycles. The van der Waals surface area contributed by atoms with Gasteiger partial charge in [-0.15, -0.1) is 0 Å². The van der Waals surface area contributed by atoms with Crippen molar-refractivity contribution in [3.8, 4) is 0 Å². The lowest BCUT2D eigenvalue weighted by Gasteiger charge is -2.26. The molecule has 1 atom stereocenters. The first-order chi connectivity index (χ1) is 8.76. The molecular weight excluding hydrogens is 228 g/mol. The molecule has 1 aliphatic heterocycles. The number of nitrogens with one attached hydrogen (secondary N) is 2. The van der Waals surface area contributed by atoms with E-state index in [4.69, 9.17) is 4.74 Å². The first-order valence-corrected chi connectivity index (χ1v) is 7.11. The molecular formula is C13H28N4O. The second-order valence-electron chi connectivity index (χ2n) is 4.67. The fourth-order valence-electron chi connectivity index (χ4n) is 1.78. The molecule has 0 aliphatic carbocycles. The van der Waals surface area contributed by atoms with Crippen molar-refractivity contribution in [2.75, 3.05) is 45.9 Å². The fourth-order valence-corrected chi connectivity index (χ4v) is 1.78. The highest BCUT2D eigenvalue weighted by atomic mass is 16.5. The zero-order chi connectivity index (χ0) is 13.2. The topological polar surface area (TPSA) is 48.9 Å². The van der Waals surface area contributed by atoms with Crippen molar-refractivity contribution in [3.05, 3.63) is 0 Å². The molecule has 0 radical (unpaired) electrons. The van der Waals surface area contributed by atoms with Crippen molar-refractivity contribution < 1.29 is 4.74 Å². The second-order valence-corrected chi connectivity index (χ2v) is 4.67. The molecule has 1 fully saturated rings. The van der Waals surface area contributed by atoms with E-state index in [1.165, 1.54) is 0 Å². The number of rotatable bonds is 6. The van der Waals surface area contributed by atoms with Gasteiger partial charge in [0.25, 0.3) is 0 Å². The largest absolute Gasteiger partial charge is 0.379 e. The predicted molar refractivity (Wildman–Crippen MR) is 76.1 cm³/mol. The van der Waals surface area contributed by atoms with Crippen molar-refractivity contribution in [1.82, 2.24) is 15.5 Å². The van der Waals surface area contributed by atoms with Crippen LogP contribution in [0.25, 0.3) is 0 Å². The predicted octanol–water partition coefficient (Wildman–Crippen LogP) is 0.672. The van der Waals surface area contributed by atoms with E-state index in [9.17, 15) is 0 Å². The number of hydrogen-bond acceptors (Lipinski definition) is 3. The second kappa shape index (κ2) is 9.16. The molecule has 2 N–H and O–H groups in total. The highest BCUT2D eigenvalue weighted by Crippen LogP contribution is 1.96. The van der Waals surface area contributed by atoms with E-state index >= 15 is 0 Å². The van der Waals surface area contributed by atoms with Gasteiger partial charge in [0.1, 0.15) is 0 Å². The lowest BCUT2D eigenvalue weighted by Crippen LogP contribution is -2.43. The van der Waals surface area contributed by atoms with Gasteiger partial charge >= 0.3 is 0 Å². The first kappa shape index (κ1) is 15.2. The van der Waals surface area contributed by atoms with E-state index in [1.807, 2.05) is 0 Å². The molecule has 0 saturated carbocycles. The number of nitrogens with zero attached hydrogens (tertiary/aromatic N) is 2. The number of morpholine rings is 1. The summed E-state index contributed by atoms with van der Waals surface area (Å²) in [5, 5.41) is 6.68. The Morgan fingerprint density at radius 1 is 1.33 bits per heavy atom. The van der Waals surface area contributed by atoms with E-state index in [1.54, 1.807) is 0 Å². The third-order valence-corrected chi connectivity index (χ3v) is 3.13. The van der Waals surface area contributed by atoms with Gasteiger partial charge < -0.3 is 15.4 Å². The van der Waals surface area contributed by atoms with Crippen LogP contribution in [0.4, 0.5) is 0 Å². The van der Waals surface area contributed by atoms with Crippen LogP contribution < -0.4 is 10.6 Å². The molecule has 1 rings (SSSR count). The minimum absolute atomic E-state index is 0.464. The quantitative estimate of drug-likeness (QED) is 0.542. The summed E-state index contributed by atoms with van der Waals surface area (Å²) in [5.74, 6) is 0.931. The van der Waals surface area contributed by atoms with Gasteiger partial charge in [0.15, 0.2) is 5.96 Å². The van der Waals surface area contributed by atoms with Crippen LogP contribution in [0.1, 0.15) is 27.2 Å². The highest BCUT2D eigenvalue weighted by molar-refractivity contribution is 5.80. The van der Waals surface area contributed by atoms with E-state index < -0.39 is 0 Å². The zero-order valence-electron chi connectivity index (χ0n) is 12.0. The van der Waals surface area contributed by atoms with E-state index in [0.29, 0.717) is 6.04 Å². The van der Waals surface area contributed by atoms with Crippen LogP contribution >= 0.6 is 0 Å². The maximum Gasteiger partial charge on any atom is 0.191 e. The summed E-state index contributed by atoms with van der Waals surface area (Å²) in [6.07, 6.45) is 1.11. The molecule has 0 bridgehead atoms. The maximum absolute atomic E-state index is 5.33. The summed E-state index contributed by atoms with van der Waals surface area (Å²) in [4.78, 5) is 7.01. The van der Waals surface area contributed by atoms with E-state index in [-0.39, 0.29) is 0 Å². The van der Waals surface area contributed by atoms with Crippen molar-refractivity contribution in [2.24, 2.45) is 4.99 Å². The highest BCUT2D eigenvalue weighted by Gasteiger charge is 2.09. The summed E-state index contributed by atoms with van der Waals surface area (Å²) >= 11 is 0. The molecule has 1 unspecified atom stereocenters. The number of ether oxygens (including phenoxy) is 1. The Labute approximate surface area is 111 Å². The van der Waals surface area contributed by atoms with Crippen LogP contribution in [0.5, 0.6) is 0 Å². The molecule has 18 heavy (non-hydrogen) atoms. The van der Waals surface area contributed by atoms with Crippen molar-refractivity contribution in [2.45, 2.75) is 33.2 Å². The zero-order valence-corrected chi connectivity index (χ0v) is 12.0. The molecule has 106 valence electrons. The number of hydrogen-bond donors (Lipinski definition) is 2. The standard InChI is InChI=1S/C13H28N4O/c1-4-12(3)16-13(14-5-2)15-6-7-17-8-10-18-11-9-17/h12H,4-11H2,1-3H3,(H2,14,15,16). The van der Waals surface area contributed by atoms with Crippen LogP contribution in [0.15, 0.2) is 4.99 Å². The number of guanidine groups is 1. The normalized spacial score (nSPS) is 19.6. The molecule has 1 heterocycles. The Kier molecular flexibility index (Phi) is 7.76. The Balaban J connectivity index is 2.29. The monoisotopic (exact) mass is 256 g/mol. The van der Waals surface area contributed by atoms with Crippen LogP contribution in [-0.4, -0.2) is 62.8 Å². The molecule has 5 heteroatoms. The van der Waals surface area contributed by atoms with Gasteiger partial charge in [-0.1, -0.05) is 6.92 Å². The average Bonchev–Trinajstić information content (AvgIpc) is 2.40. The molecule has 0 aromatic heterocycles. The Bertz CT molecular complexity index is 239. The van der Waals surface area contributed by atoms with Gasteiger partial charge in [-0.25, -0.2) is 0 Å². The molecule has 5 nitrogen and oxygen atoms in total. The molecule has 1 aliphatic rings. The minimum Gasteiger partial charge on any atom is -0.379 e. The SMILES string of the molecule is CCNC(=NCCN1CCOCC1)NC(C)CC. The summed E-state index contributed by atoms with van der Waals surface area (Å²) in [7, 11) is 0. The van der Waals surface area contributed by atoms with Crippen molar-refractivity contribution in [3.63, 3.8) is 0 Å². The summed E-state index contributed by atoms with van der Waals surface area (Å²) in [6, 6.07) is 0.464. The Hall–Kier alpha value is -0.810. The van der Waals surface area contributed by atoms with Gasteiger partial charge in [-0.3, -0.25) is 9.89 Å². The molecule has 0 aromatic carbocycles. The van der Waals surface area contributed by atoms with Crippen LogP contribution in [0.3, 0.4) is 0 Å². The van der Waals surface area contributed by atoms with Gasteiger partial charge in [0.05, 0.1) is 19.8 Å². The van der Waals surface area contributed by atoms with Gasteiger partial charge in [0, 0.05) is 32.2 Å². The average molecular weight is 256 g/mol. The van der Waals surface area contributed by atoms with Crippen LogP contribution in [0, 0.1) is 0 Å². The number of aliphatic imine (C=N–C) groups is 1. The summed E-state index contributed by atoms with van der Waals surface area (Å²) in [5.41, 5.74) is 0. The molecule has 0 spiro atoms. The lowest BCUT2D eigenvalue weighted by atomic mass is 10.3. The van der Waals surface area contributed by atoms with Crippen LogP contribution in [-0.2, 0) is 4.74 Å². The lowest BCUT2D eigenvalue weighted by molar-refractivity contribution is 0.0394. The maximum atomic E-state index is 5.33. The third-order valence-electron chi connectivity index (χ3n) is 3.13. The summed E-state index contributed by atoms with van der Waals surface area (Å²) < 4.78 is 5.33. The van der Waals surface area contributed by atoms with E-state index in [2.05, 4.69) is 41.3 Å². The Morgan fingerprint density at radius 3 is 2.67 bits per heavy atom. The Morgan fingerprint density at radius 2 is 2.06 bits per heavy atom. The van der Waals surface area contributed by atoms with Gasteiger partial charge in [0.2, 0.25) is 0 Å². The van der Waals surface area contributed by atoms with Gasteiger partial charge in [-0.05, 0) is 20.3 Å². The molecule has 0 aromatic rings. The van der Waals surface area contributed by atoms with Gasteiger partial charge in [-0.2, -0.15) is 0 Å². The van der Waals surface area contributed by atoms with E-state index in [0.717, 1.165) is 58.3 Å². The smallest absolute Gasteiger partial charge is 0.191 e. The fraction of sp³-hybridized carbons (Fsp3) is 0.923. The van der Waals surface area contributed by atoms with Crippen LogP contribution in [0.2, 0.25) is 0 Å². The van der Waals surface area contributed by atoms with Crippen molar-refractivity contribution >= 4 is 5.96 Å². The molecule has 0 amide bonds. The first-order valence-electron chi connectivity index (χ1n) is 7.11. The minimum atomic E-state index is 0.464. The third kappa shape index (κ3) is 6.21.